The second-order valence-electron chi connectivity index (χ2n) is 6.42. The van der Waals surface area contributed by atoms with E-state index in [-0.39, 0.29) is 43.1 Å². The molecule has 6 nitrogen and oxygen atoms in total. The van der Waals surface area contributed by atoms with Gasteiger partial charge in [0.1, 0.15) is 5.70 Å². The molecule has 1 N–H and O–H groups in total. The number of carbonyl (C=O) groups is 3. The number of amides is 2. The number of ether oxygens (including phenoxy) is 1. The number of nitrogens with one attached hydrogen (secondary N) is 1. The minimum atomic E-state index is -0.369. The number of esters is 1. The Bertz CT molecular complexity index is 848. The predicted octanol–water partition coefficient (Wildman–Crippen LogP) is 3.15. The Hall–Kier alpha value is -3.41. The van der Waals surface area contributed by atoms with Gasteiger partial charge in [0.05, 0.1) is 13.0 Å². The van der Waals surface area contributed by atoms with E-state index < -0.39 is 0 Å². The lowest BCUT2D eigenvalue weighted by atomic mass is 10.1. The van der Waals surface area contributed by atoms with Gasteiger partial charge in [-0.25, -0.2) is 0 Å². The summed E-state index contributed by atoms with van der Waals surface area (Å²) < 4.78 is 4.98. The Kier molecular flexibility index (Phi) is 8.63. The van der Waals surface area contributed by atoms with Gasteiger partial charge < -0.3 is 15.0 Å². The maximum Gasteiger partial charge on any atom is 0.307 e. The number of nitrogens with zero attached hydrogens (tertiary/aromatic N) is 1. The molecule has 2 amide bonds. The third-order valence-corrected chi connectivity index (χ3v) is 4.05. The fraction of sp³-hybridized carbons (Fsp3) is 0.261. The number of hydrogen-bond acceptors (Lipinski definition) is 4. The quantitative estimate of drug-likeness (QED) is 0.524. The Balaban J connectivity index is 2.28. The molecule has 0 bridgehead atoms. The summed E-state index contributed by atoms with van der Waals surface area (Å²) in [5, 5.41) is 2.62. The summed E-state index contributed by atoms with van der Waals surface area (Å²) in [7, 11) is 0. The van der Waals surface area contributed by atoms with Gasteiger partial charge in [-0.15, -0.1) is 0 Å². The van der Waals surface area contributed by atoms with Gasteiger partial charge in [-0.1, -0.05) is 60.7 Å². The highest BCUT2D eigenvalue weighted by Gasteiger charge is 2.21. The van der Waals surface area contributed by atoms with Crippen molar-refractivity contribution in [3.05, 3.63) is 77.5 Å². The lowest BCUT2D eigenvalue weighted by Crippen LogP contribution is -2.38. The highest BCUT2D eigenvalue weighted by Crippen LogP contribution is 2.12. The molecule has 0 aliphatic carbocycles. The Labute approximate surface area is 171 Å². The van der Waals surface area contributed by atoms with Crippen LogP contribution >= 0.6 is 0 Å². The molecule has 6 heteroatoms. The molecule has 0 atom stereocenters. The highest BCUT2D eigenvalue weighted by molar-refractivity contribution is 6.01. The summed E-state index contributed by atoms with van der Waals surface area (Å²) in [4.78, 5) is 38.3. The molecule has 2 rings (SSSR count). The van der Waals surface area contributed by atoms with Gasteiger partial charge in [0.25, 0.3) is 5.91 Å². The van der Waals surface area contributed by atoms with Gasteiger partial charge in [-0.2, -0.15) is 0 Å². The molecule has 0 spiro atoms. The maximum atomic E-state index is 13.2. The molecule has 29 heavy (non-hydrogen) atoms. The van der Waals surface area contributed by atoms with Gasteiger partial charge in [-0.3, -0.25) is 14.4 Å². The van der Waals surface area contributed by atoms with Crippen LogP contribution in [0.1, 0.15) is 31.4 Å². The smallest absolute Gasteiger partial charge is 0.307 e. The van der Waals surface area contributed by atoms with Gasteiger partial charge in [-0.05, 0) is 24.1 Å². The van der Waals surface area contributed by atoms with E-state index in [9.17, 15) is 14.4 Å². The number of rotatable bonds is 9. The summed E-state index contributed by atoms with van der Waals surface area (Å²) in [5.74, 6) is -1.07. The summed E-state index contributed by atoms with van der Waals surface area (Å²) in [6.45, 7) is 3.87. The van der Waals surface area contributed by atoms with Crippen molar-refractivity contribution in [3.63, 3.8) is 0 Å². The van der Waals surface area contributed by atoms with Gasteiger partial charge in [0.15, 0.2) is 0 Å². The molecule has 0 radical (unpaired) electrons. The van der Waals surface area contributed by atoms with Crippen LogP contribution in [0.5, 0.6) is 0 Å². The van der Waals surface area contributed by atoms with Crippen molar-refractivity contribution in [2.45, 2.75) is 26.8 Å². The average molecular weight is 394 g/mol. The number of carbonyl (C=O) groups excluding carboxylic acids is 3. The highest BCUT2D eigenvalue weighted by atomic mass is 16.5. The van der Waals surface area contributed by atoms with Gasteiger partial charge in [0, 0.05) is 20.0 Å². The van der Waals surface area contributed by atoms with E-state index in [1.807, 2.05) is 60.7 Å². The lowest BCUT2D eigenvalue weighted by molar-refractivity contribution is -0.144. The van der Waals surface area contributed by atoms with Crippen molar-refractivity contribution in [2.75, 3.05) is 13.2 Å². The van der Waals surface area contributed by atoms with Gasteiger partial charge >= 0.3 is 5.97 Å². The van der Waals surface area contributed by atoms with E-state index in [4.69, 9.17) is 4.74 Å². The molecule has 0 fully saturated rings. The molecule has 0 aliphatic rings. The van der Waals surface area contributed by atoms with Crippen molar-refractivity contribution >= 4 is 23.9 Å². The third-order valence-electron chi connectivity index (χ3n) is 4.05. The first-order valence-corrected chi connectivity index (χ1v) is 9.52. The molecular weight excluding hydrogens is 368 g/mol. The second kappa shape index (κ2) is 11.4. The molecule has 0 unspecified atom stereocenters. The van der Waals surface area contributed by atoms with Crippen LogP contribution in [-0.2, 0) is 25.7 Å². The minimum Gasteiger partial charge on any atom is -0.466 e. The minimum absolute atomic E-state index is 0.0745. The molecule has 2 aromatic carbocycles. The maximum absolute atomic E-state index is 13.2. The molecule has 2 aromatic rings. The van der Waals surface area contributed by atoms with Crippen molar-refractivity contribution in [3.8, 4) is 0 Å². The summed E-state index contributed by atoms with van der Waals surface area (Å²) in [6, 6.07) is 18.7. The van der Waals surface area contributed by atoms with Crippen molar-refractivity contribution in [2.24, 2.45) is 0 Å². The Morgan fingerprint density at radius 1 is 1.00 bits per heavy atom. The van der Waals surface area contributed by atoms with Crippen LogP contribution < -0.4 is 5.32 Å². The zero-order chi connectivity index (χ0) is 21.1. The van der Waals surface area contributed by atoms with E-state index in [0.29, 0.717) is 6.54 Å². The van der Waals surface area contributed by atoms with Crippen LogP contribution in [0.4, 0.5) is 0 Å². The van der Waals surface area contributed by atoms with E-state index in [1.54, 1.807) is 13.0 Å². The summed E-state index contributed by atoms with van der Waals surface area (Å²) in [6.07, 6.45) is 1.71. The number of benzene rings is 2. The predicted molar refractivity (Wildman–Crippen MR) is 111 cm³/mol. The second-order valence-corrected chi connectivity index (χ2v) is 6.42. The summed E-state index contributed by atoms with van der Waals surface area (Å²) in [5.41, 5.74) is 1.87. The average Bonchev–Trinajstić information content (AvgIpc) is 2.71. The van der Waals surface area contributed by atoms with Crippen LogP contribution in [0.25, 0.3) is 6.08 Å². The topological polar surface area (TPSA) is 75.7 Å². The molecule has 0 saturated heterocycles. The zero-order valence-electron chi connectivity index (χ0n) is 16.8. The van der Waals surface area contributed by atoms with Crippen LogP contribution in [-0.4, -0.2) is 35.8 Å². The monoisotopic (exact) mass is 394 g/mol. The van der Waals surface area contributed by atoms with Crippen LogP contribution in [0, 0.1) is 0 Å². The first-order chi connectivity index (χ1) is 14.0. The first-order valence-electron chi connectivity index (χ1n) is 9.52. The third kappa shape index (κ3) is 7.62. The van der Waals surface area contributed by atoms with Crippen molar-refractivity contribution in [1.29, 1.82) is 0 Å². The van der Waals surface area contributed by atoms with E-state index >= 15 is 0 Å². The summed E-state index contributed by atoms with van der Waals surface area (Å²) >= 11 is 0. The van der Waals surface area contributed by atoms with Crippen LogP contribution in [0.2, 0.25) is 0 Å². The normalized spacial score (nSPS) is 10.9. The molecular formula is C23H26N2O4. The first kappa shape index (κ1) is 21.9. The standard InChI is InChI=1S/C23H26N2O4/c1-3-29-22(27)14-15-25(17-20-12-8-5-9-13-20)23(28)21(24-18(2)26)16-19-10-6-4-7-11-19/h4-13,16H,3,14-15,17H2,1-2H3,(H,24,26)/b21-16+. The molecule has 0 aromatic heterocycles. The lowest BCUT2D eigenvalue weighted by Gasteiger charge is -2.24. The largest absolute Gasteiger partial charge is 0.466 e. The Morgan fingerprint density at radius 2 is 1.62 bits per heavy atom. The molecule has 0 heterocycles. The molecule has 0 aliphatic heterocycles. The Morgan fingerprint density at radius 3 is 2.21 bits per heavy atom. The van der Waals surface area contributed by atoms with Crippen molar-refractivity contribution in [1.82, 2.24) is 10.2 Å². The fourth-order valence-corrected chi connectivity index (χ4v) is 2.74. The number of hydrogen-bond donors (Lipinski definition) is 1. The SMILES string of the molecule is CCOC(=O)CCN(Cc1ccccc1)C(=O)/C(=C\c1ccccc1)NC(C)=O. The van der Waals surface area contributed by atoms with Crippen LogP contribution in [0.15, 0.2) is 66.4 Å². The molecule has 0 saturated carbocycles. The van der Waals surface area contributed by atoms with E-state index in [0.717, 1.165) is 11.1 Å². The zero-order valence-corrected chi connectivity index (χ0v) is 16.8. The van der Waals surface area contributed by atoms with Crippen molar-refractivity contribution < 1.29 is 19.1 Å². The molecule has 152 valence electrons. The van der Waals surface area contributed by atoms with E-state index in [1.165, 1.54) is 11.8 Å². The van der Waals surface area contributed by atoms with Gasteiger partial charge in [0.2, 0.25) is 5.91 Å². The van der Waals surface area contributed by atoms with E-state index in [2.05, 4.69) is 5.32 Å². The van der Waals surface area contributed by atoms with Crippen LogP contribution in [0.3, 0.4) is 0 Å². The fourth-order valence-electron chi connectivity index (χ4n) is 2.74.